The normalized spacial score (nSPS) is 19.8. The second kappa shape index (κ2) is 5.67. The van der Waals surface area contributed by atoms with E-state index in [9.17, 15) is 4.79 Å². The van der Waals surface area contributed by atoms with Gasteiger partial charge in [-0.15, -0.1) is 0 Å². The molecule has 94 valence electrons. The molecule has 3 nitrogen and oxygen atoms in total. The Morgan fingerprint density at radius 2 is 1.75 bits per heavy atom. The number of carbonyl (C=O) groups is 1. The second-order valence-electron chi connectivity index (χ2n) is 5.64. The largest absolute Gasteiger partial charge is 0.481 e. The van der Waals surface area contributed by atoms with Crippen molar-refractivity contribution in [2.24, 2.45) is 0 Å². The van der Waals surface area contributed by atoms with Crippen LogP contribution in [0.5, 0.6) is 0 Å². The molecule has 0 atom stereocenters. The molecule has 0 radical (unpaired) electrons. The molecular formula is C13H25NO2. The monoisotopic (exact) mass is 227 g/mol. The minimum absolute atomic E-state index is 0.222. The topological polar surface area (TPSA) is 40.5 Å². The van der Waals surface area contributed by atoms with Crippen molar-refractivity contribution in [2.75, 3.05) is 7.05 Å². The average Bonchev–Trinajstić information content (AvgIpc) is 2.42. The molecule has 1 aliphatic carbocycles. The molecule has 1 fully saturated rings. The van der Waals surface area contributed by atoms with Crippen LogP contribution in [-0.4, -0.2) is 34.6 Å². The molecule has 0 aromatic carbocycles. The molecule has 0 unspecified atom stereocenters. The molecule has 0 spiro atoms. The highest BCUT2D eigenvalue weighted by Crippen LogP contribution is 2.27. The van der Waals surface area contributed by atoms with E-state index in [4.69, 9.17) is 5.11 Å². The van der Waals surface area contributed by atoms with Gasteiger partial charge >= 0.3 is 5.97 Å². The molecule has 1 N–H and O–H groups in total. The van der Waals surface area contributed by atoms with Gasteiger partial charge < -0.3 is 5.11 Å². The van der Waals surface area contributed by atoms with E-state index in [0.29, 0.717) is 6.04 Å². The van der Waals surface area contributed by atoms with Crippen LogP contribution in [0.2, 0.25) is 0 Å². The first kappa shape index (κ1) is 13.5. The average molecular weight is 227 g/mol. The van der Waals surface area contributed by atoms with Crippen LogP contribution in [0.15, 0.2) is 0 Å². The first-order chi connectivity index (χ1) is 7.43. The summed E-state index contributed by atoms with van der Waals surface area (Å²) in [6.07, 6.45) is 7.92. The number of hydrogen-bond acceptors (Lipinski definition) is 2. The fraction of sp³-hybridized carbons (Fsp3) is 0.923. The van der Waals surface area contributed by atoms with Crippen LogP contribution in [0.4, 0.5) is 0 Å². The highest BCUT2D eigenvalue weighted by molar-refractivity contribution is 5.68. The maximum atomic E-state index is 10.8. The minimum atomic E-state index is -0.703. The van der Waals surface area contributed by atoms with Gasteiger partial charge in [0.25, 0.3) is 0 Å². The maximum Gasteiger partial charge on any atom is 0.305 e. The van der Waals surface area contributed by atoms with E-state index in [1.165, 1.54) is 38.5 Å². The van der Waals surface area contributed by atoms with Crippen molar-refractivity contribution in [1.29, 1.82) is 0 Å². The van der Waals surface area contributed by atoms with Crippen molar-refractivity contribution in [2.45, 2.75) is 70.4 Å². The molecule has 0 aromatic heterocycles. The summed E-state index contributed by atoms with van der Waals surface area (Å²) in [5, 5.41) is 8.93. The van der Waals surface area contributed by atoms with Gasteiger partial charge in [0.15, 0.2) is 0 Å². The third-order valence-electron chi connectivity index (χ3n) is 3.91. The van der Waals surface area contributed by atoms with Crippen LogP contribution in [0.3, 0.4) is 0 Å². The molecular weight excluding hydrogens is 202 g/mol. The van der Waals surface area contributed by atoms with E-state index in [1.807, 2.05) is 13.8 Å². The Bertz CT molecular complexity index is 230. The molecule has 0 bridgehead atoms. The van der Waals surface area contributed by atoms with Gasteiger partial charge in [0.05, 0.1) is 6.42 Å². The van der Waals surface area contributed by atoms with E-state index in [0.717, 1.165) is 0 Å². The number of aliphatic carboxylic acids is 1. The van der Waals surface area contributed by atoms with Crippen molar-refractivity contribution >= 4 is 5.97 Å². The second-order valence-corrected chi connectivity index (χ2v) is 5.64. The van der Waals surface area contributed by atoms with E-state index in [-0.39, 0.29) is 12.0 Å². The number of carboxylic acid groups (broad SMARTS) is 1. The zero-order valence-electron chi connectivity index (χ0n) is 10.8. The zero-order valence-corrected chi connectivity index (χ0v) is 10.8. The number of hydrogen-bond donors (Lipinski definition) is 1. The van der Waals surface area contributed by atoms with Crippen molar-refractivity contribution in [1.82, 2.24) is 4.90 Å². The third kappa shape index (κ3) is 3.78. The standard InChI is InChI=1S/C13H25NO2/c1-13(2,10-12(15)16)14(3)11-8-6-4-5-7-9-11/h11H,4-10H2,1-3H3,(H,15,16). The predicted octanol–water partition coefficient (Wildman–Crippen LogP) is 2.89. The zero-order chi connectivity index (χ0) is 12.2. The summed E-state index contributed by atoms with van der Waals surface area (Å²) in [5.74, 6) is -0.703. The number of carboxylic acids is 1. The van der Waals surface area contributed by atoms with Gasteiger partial charge in [0.2, 0.25) is 0 Å². The summed E-state index contributed by atoms with van der Waals surface area (Å²) in [4.78, 5) is 13.1. The molecule has 1 saturated carbocycles. The van der Waals surface area contributed by atoms with Gasteiger partial charge in [-0.1, -0.05) is 25.7 Å². The van der Waals surface area contributed by atoms with Crippen molar-refractivity contribution in [3.8, 4) is 0 Å². The smallest absolute Gasteiger partial charge is 0.305 e. The van der Waals surface area contributed by atoms with Gasteiger partial charge in [-0.05, 0) is 33.7 Å². The molecule has 0 heterocycles. The Balaban J connectivity index is 2.59. The van der Waals surface area contributed by atoms with Gasteiger partial charge in [-0.2, -0.15) is 0 Å². The lowest BCUT2D eigenvalue weighted by atomic mass is 9.94. The number of rotatable bonds is 4. The van der Waals surface area contributed by atoms with Crippen LogP contribution < -0.4 is 0 Å². The SMILES string of the molecule is CN(C1CCCCCC1)C(C)(C)CC(=O)O. The van der Waals surface area contributed by atoms with E-state index in [1.54, 1.807) is 0 Å². The van der Waals surface area contributed by atoms with Crippen LogP contribution >= 0.6 is 0 Å². The van der Waals surface area contributed by atoms with Gasteiger partial charge in [0, 0.05) is 11.6 Å². The van der Waals surface area contributed by atoms with Crippen LogP contribution in [-0.2, 0) is 4.79 Å². The Labute approximate surface area is 98.8 Å². The Morgan fingerprint density at radius 3 is 2.19 bits per heavy atom. The summed E-state index contributed by atoms with van der Waals surface area (Å²) in [5.41, 5.74) is -0.235. The lowest BCUT2D eigenvalue weighted by Crippen LogP contribution is -2.48. The highest BCUT2D eigenvalue weighted by atomic mass is 16.4. The lowest BCUT2D eigenvalue weighted by molar-refractivity contribution is -0.140. The Hall–Kier alpha value is -0.570. The minimum Gasteiger partial charge on any atom is -0.481 e. The summed E-state index contributed by atoms with van der Waals surface area (Å²) in [6, 6.07) is 0.567. The summed E-state index contributed by atoms with van der Waals surface area (Å²) < 4.78 is 0. The maximum absolute atomic E-state index is 10.8. The molecule has 0 aliphatic heterocycles. The fourth-order valence-corrected chi connectivity index (χ4v) is 2.63. The highest BCUT2D eigenvalue weighted by Gasteiger charge is 2.31. The summed E-state index contributed by atoms with van der Waals surface area (Å²) in [6.45, 7) is 4.07. The molecule has 0 saturated heterocycles. The van der Waals surface area contributed by atoms with Crippen LogP contribution in [0, 0.1) is 0 Å². The predicted molar refractivity (Wildman–Crippen MR) is 65.6 cm³/mol. The molecule has 0 amide bonds. The van der Waals surface area contributed by atoms with E-state index in [2.05, 4.69) is 11.9 Å². The van der Waals surface area contributed by atoms with Crippen molar-refractivity contribution in [3.63, 3.8) is 0 Å². The molecule has 0 aromatic rings. The van der Waals surface area contributed by atoms with Crippen LogP contribution in [0.25, 0.3) is 0 Å². The molecule has 1 aliphatic rings. The molecule has 1 rings (SSSR count). The third-order valence-corrected chi connectivity index (χ3v) is 3.91. The Kier molecular flexibility index (Phi) is 4.78. The molecule has 16 heavy (non-hydrogen) atoms. The summed E-state index contributed by atoms with van der Waals surface area (Å²) >= 11 is 0. The summed E-state index contributed by atoms with van der Waals surface area (Å²) in [7, 11) is 2.08. The van der Waals surface area contributed by atoms with Gasteiger partial charge in [0.1, 0.15) is 0 Å². The van der Waals surface area contributed by atoms with Gasteiger partial charge in [-0.25, -0.2) is 0 Å². The lowest BCUT2D eigenvalue weighted by Gasteiger charge is -2.40. The van der Waals surface area contributed by atoms with E-state index < -0.39 is 5.97 Å². The molecule has 3 heteroatoms. The van der Waals surface area contributed by atoms with Gasteiger partial charge in [-0.3, -0.25) is 9.69 Å². The first-order valence-corrected chi connectivity index (χ1v) is 6.38. The van der Waals surface area contributed by atoms with Crippen molar-refractivity contribution < 1.29 is 9.90 Å². The van der Waals surface area contributed by atoms with E-state index >= 15 is 0 Å². The van der Waals surface area contributed by atoms with Crippen molar-refractivity contribution in [3.05, 3.63) is 0 Å². The fourth-order valence-electron chi connectivity index (χ4n) is 2.63. The quantitative estimate of drug-likeness (QED) is 0.751. The first-order valence-electron chi connectivity index (χ1n) is 6.38. The van der Waals surface area contributed by atoms with Crippen LogP contribution in [0.1, 0.15) is 58.8 Å². The Morgan fingerprint density at radius 1 is 1.25 bits per heavy atom. The number of nitrogens with zero attached hydrogens (tertiary/aromatic N) is 1.